The smallest absolute Gasteiger partial charge is 0.147 e. The first kappa shape index (κ1) is 12.9. The van der Waals surface area contributed by atoms with Crippen molar-refractivity contribution in [1.29, 1.82) is 0 Å². The lowest BCUT2D eigenvalue weighted by molar-refractivity contribution is 0.0624. The van der Waals surface area contributed by atoms with Crippen molar-refractivity contribution in [2.75, 3.05) is 32.2 Å². The molecule has 1 aliphatic heterocycles. The Labute approximate surface area is 92.3 Å². The number of nitrogens with one attached hydrogen (secondary N) is 1. The van der Waals surface area contributed by atoms with Crippen LogP contribution in [-0.2, 0) is 14.6 Å². The minimum Gasteiger partial charge on any atom is -0.378 e. The first-order valence-corrected chi connectivity index (χ1v) is 7.40. The maximum Gasteiger partial charge on any atom is 0.147 e. The van der Waals surface area contributed by atoms with Gasteiger partial charge < -0.3 is 10.1 Å². The Kier molecular flexibility index (Phi) is 4.14. The summed E-state index contributed by atoms with van der Waals surface area (Å²) in [5.41, 5.74) is -0.00215. The molecule has 2 atom stereocenters. The first-order chi connectivity index (χ1) is 6.90. The van der Waals surface area contributed by atoms with Crippen LogP contribution in [0.3, 0.4) is 0 Å². The standard InChI is InChI=1S/C10H21NO3S/c1-9-10(8-11-2,4-6-14-9)5-7-15(3,12)13/h9,11H,4-8H2,1-3H3. The summed E-state index contributed by atoms with van der Waals surface area (Å²) in [5.74, 6) is 0.252. The number of hydrogen-bond acceptors (Lipinski definition) is 4. The quantitative estimate of drug-likeness (QED) is 0.751. The Balaban J connectivity index is 2.65. The maximum atomic E-state index is 11.2. The van der Waals surface area contributed by atoms with Gasteiger partial charge in [0, 0.05) is 24.8 Å². The minimum absolute atomic E-state index is 0.00215. The molecule has 1 fully saturated rings. The molecule has 4 nitrogen and oxygen atoms in total. The average Bonchev–Trinajstić information content (AvgIpc) is 2.45. The SMILES string of the molecule is CNCC1(CCS(C)(=O)=O)CCOC1C. The summed E-state index contributed by atoms with van der Waals surface area (Å²) in [7, 11) is -0.979. The molecule has 0 bridgehead atoms. The maximum absolute atomic E-state index is 11.2. The summed E-state index contributed by atoms with van der Waals surface area (Å²) in [4.78, 5) is 0. The molecule has 1 aliphatic rings. The third kappa shape index (κ3) is 3.43. The second kappa shape index (κ2) is 4.80. The third-order valence-electron chi connectivity index (χ3n) is 3.33. The van der Waals surface area contributed by atoms with Crippen LogP contribution in [0, 0.1) is 5.41 Å². The summed E-state index contributed by atoms with van der Waals surface area (Å²) in [6, 6.07) is 0. The molecule has 0 aromatic carbocycles. The van der Waals surface area contributed by atoms with Crippen LogP contribution in [0.1, 0.15) is 19.8 Å². The molecule has 1 N–H and O–H groups in total. The van der Waals surface area contributed by atoms with Crippen molar-refractivity contribution < 1.29 is 13.2 Å². The van der Waals surface area contributed by atoms with E-state index in [0.29, 0.717) is 6.42 Å². The lowest BCUT2D eigenvalue weighted by atomic mass is 9.79. The molecular formula is C10H21NO3S. The van der Waals surface area contributed by atoms with E-state index in [9.17, 15) is 8.42 Å². The number of rotatable bonds is 5. The summed E-state index contributed by atoms with van der Waals surface area (Å²) in [5, 5.41) is 3.14. The van der Waals surface area contributed by atoms with Gasteiger partial charge in [0.2, 0.25) is 0 Å². The topological polar surface area (TPSA) is 55.4 Å². The molecule has 5 heteroatoms. The zero-order valence-electron chi connectivity index (χ0n) is 9.75. The van der Waals surface area contributed by atoms with Gasteiger partial charge in [0.05, 0.1) is 11.9 Å². The second-order valence-electron chi connectivity index (χ2n) is 4.54. The summed E-state index contributed by atoms with van der Waals surface area (Å²) < 4.78 is 27.9. The molecule has 0 saturated carbocycles. The van der Waals surface area contributed by atoms with E-state index >= 15 is 0 Å². The van der Waals surface area contributed by atoms with Crippen LogP contribution >= 0.6 is 0 Å². The second-order valence-corrected chi connectivity index (χ2v) is 6.80. The molecule has 0 aliphatic carbocycles. The molecule has 1 heterocycles. The first-order valence-electron chi connectivity index (χ1n) is 5.33. The molecule has 2 unspecified atom stereocenters. The normalized spacial score (nSPS) is 32.1. The van der Waals surface area contributed by atoms with Gasteiger partial charge in [-0.15, -0.1) is 0 Å². The molecule has 0 aromatic rings. The van der Waals surface area contributed by atoms with Crippen LogP contribution in [0.4, 0.5) is 0 Å². The third-order valence-corrected chi connectivity index (χ3v) is 4.28. The molecule has 1 saturated heterocycles. The van der Waals surface area contributed by atoms with Crippen LogP contribution in [0.25, 0.3) is 0 Å². The molecule has 0 aromatic heterocycles. The molecule has 1 rings (SSSR count). The molecule has 0 radical (unpaired) electrons. The van der Waals surface area contributed by atoms with Gasteiger partial charge in [-0.05, 0) is 26.8 Å². The van der Waals surface area contributed by atoms with Crippen molar-refractivity contribution in [3.05, 3.63) is 0 Å². The van der Waals surface area contributed by atoms with Gasteiger partial charge in [-0.25, -0.2) is 8.42 Å². The van der Waals surface area contributed by atoms with Gasteiger partial charge >= 0.3 is 0 Å². The van der Waals surface area contributed by atoms with Crippen molar-refractivity contribution in [3.8, 4) is 0 Å². The number of sulfone groups is 1. The fraction of sp³-hybridized carbons (Fsp3) is 1.00. The van der Waals surface area contributed by atoms with Crippen LogP contribution in [-0.4, -0.2) is 46.7 Å². The van der Waals surface area contributed by atoms with Crippen molar-refractivity contribution in [1.82, 2.24) is 5.32 Å². The van der Waals surface area contributed by atoms with E-state index in [4.69, 9.17) is 4.74 Å². The summed E-state index contributed by atoms with van der Waals surface area (Å²) in [6.45, 7) is 3.60. The van der Waals surface area contributed by atoms with E-state index in [1.807, 2.05) is 14.0 Å². The lowest BCUT2D eigenvalue weighted by Crippen LogP contribution is -2.39. The Morgan fingerprint density at radius 1 is 1.53 bits per heavy atom. The molecule has 0 spiro atoms. The Morgan fingerprint density at radius 2 is 2.20 bits per heavy atom. The number of ether oxygens (including phenoxy) is 1. The number of hydrogen-bond donors (Lipinski definition) is 1. The molecule has 15 heavy (non-hydrogen) atoms. The fourth-order valence-electron chi connectivity index (χ4n) is 2.21. The van der Waals surface area contributed by atoms with E-state index < -0.39 is 9.84 Å². The molecule has 0 amide bonds. The lowest BCUT2D eigenvalue weighted by Gasteiger charge is -2.31. The van der Waals surface area contributed by atoms with E-state index in [1.165, 1.54) is 6.26 Å². The zero-order valence-corrected chi connectivity index (χ0v) is 10.6. The Hall–Kier alpha value is -0.130. The minimum atomic E-state index is -2.87. The summed E-state index contributed by atoms with van der Waals surface area (Å²) in [6.07, 6.45) is 3.07. The van der Waals surface area contributed by atoms with Gasteiger partial charge in [-0.3, -0.25) is 0 Å². The van der Waals surface area contributed by atoms with Gasteiger partial charge in [-0.2, -0.15) is 0 Å². The highest BCUT2D eigenvalue weighted by molar-refractivity contribution is 7.90. The highest BCUT2D eigenvalue weighted by Crippen LogP contribution is 2.37. The fourth-order valence-corrected chi connectivity index (χ4v) is 2.99. The highest BCUT2D eigenvalue weighted by Gasteiger charge is 2.41. The van der Waals surface area contributed by atoms with E-state index in [1.54, 1.807) is 0 Å². The van der Waals surface area contributed by atoms with Crippen LogP contribution in [0.2, 0.25) is 0 Å². The van der Waals surface area contributed by atoms with E-state index in [0.717, 1.165) is 19.6 Å². The van der Waals surface area contributed by atoms with Crippen molar-refractivity contribution in [3.63, 3.8) is 0 Å². The van der Waals surface area contributed by atoms with Gasteiger partial charge in [-0.1, -0.05) is 0 Å². The van der Waals surface area contributed by atoms with Crippen molar-refractivity contribution in [2.24, 2.45) is 5.41 Å². The van der Waals surface area contributed by atoms with E-state index in [-0.39, 0.29) is 17.3 Å². The van der Waals surface area contributed by atoms with Gasteiger partial charge in [0.15, 0.2) is 0 Å². The molecule has 90 valence electrons. The van der Waals surface area contributed by atoms with E-state index in [2.05, 4.69) is 5.32 Å². The predicted octanol–water partition coefficient (Wildman–Crippen LogP) is 0.436. The monoisotopic (exact) mass is 235 g/mol. The predicted molar refractivity (Wildman–Crippen MR) is 60.7 cm³/mol. The molecular weight excluding hydrogens is 214 g/mol. The summed E-state index contributed by atoms with van der Waals surface area (Å²) >= 11 is 0. The largest absolute Gasteiger partial charge is 0.378 e. The van der Waals surface area contributed by atoms with Crippen LogP contribution < -0.4 is 5.32 Å². The van der Waals surface area contributed by atoms with Gasteiger partial charge in [0.1, 0.15) is 9.84 Å². The average molecular weight is 235 g/mol. The zero-order chi connectivity index (χ0) is 11.5. The van der Waals surface area contributed by atoms with Gasteiger partial charge in [0.25, 0.3) is 0 Å². The van der Waals surface area contributed by atoms with Crippen LogP contribution in [0.5, 0.6) is 0 Å². The highest BCUT2D eigenvalue weighted by atomic mass is 32.2. The Morgan fingerprint density at radius 3 is 2.60 bits per heavy atom. The van der Waals surface area contributed by atoms with Crippen molar-refractivity contribution >= 4 is 9.84 Å². The van der Waals surface area contributed by atoms with Crippen molar-refractivity contribution in [2.45, 2.75) is 25.9 Å². The Bertz CT molecular complexity index is 302. The van der Waals surface area contributed by atoms with Crippen LogP contribution in [0.15, 0.2) is 0 Å².